The summed E-state index contributed by atoms with van der Waals surface area (Å²) in [5.41, 5.74) is 0.338. The van der Waals surface area contributed by atoms with Crippen molar-refractivity contribution in [3.05, 3.63) is 65.0 Å². The van der Waals surface area contributed by atoms with Gasteiger partial charge in [-0.1, -0.05) is 18.2 Å². The predicted molar refractivity (Wildman–Crippen MR) is 94.3 cm³/mol. The van der Waals surface area contributed by atoms with Crippen molar-refractivity contribution >= 4 is 23.4 Å². The minimum Gasteiger partial charge on any atom is -0.272 e. The Morgan fingerprint density at radius 1 is 1.04 bits per heavy atom. The summed E-state index contributed by atoms with van der Waals surface area (Å²) in [6.45, 7) is 3.71. The van der Waals surface area contributed by atoms with Crippen molar-refractivity contribution in [2.45, 2.75) is 20.4 Å². The molecule has 0 aliphatic carbocycles. The van der Waals surface area contributed by atoms with Crippen molar-refractivity contribution in [2.24, 2.45) is 5.41 Å². The van der Waals surface area contributed by atoms with Gasteiger partial charge in [0.05, 0.1) is 35.4 Å². The van der Waals surface area contributed by atoms with Gasteiger partial charge in [0.2, 0.25) is 0 Å². The van der Waals surface area contributed by atoms with Crippen molar-refractivity contribution in [3.63, 3.8) is 0 Å². The van der Waals surface area contributed by atoms with Crippen molar-refractivity contribution in [3.8, 4) is 0 Å². The van der Waals surface area contributed by atoms with Crippen molar-refractivity contribution < 1.29 is 23.6 Å². The van der Waals surface area contributed by atoms with Crippen LogP contribution < -0.4 is 4.90 Å². The second-order valence-electron chi connectivity index (χ2n) is 7.27. The summed E-state index contributed by atoms with van der Waals surface area (Å²) in [7, 11) is 0. The van der Waals surface area contributed by atoms with E-state index >= 15 is 0 Å². The lowest BCUT2D eigenvalue weighted by Crippen LogP contribution is -2.31. The van der Waals surface area contributed by atoms with Gasteiger partial charge in [0.25, 0.3) is 17.7 Å². The van der Waals surface area contributed by atoms with E-state index in [2.05, 4.69) is 0 Å². The molecule has 0 saturated carbocycles. The maximum atomic E-state index is 14.6. The Bertz CT molecular complexity index is 951. The van der Waals surface area contributed by atoms with Crippen molar-refractivity contribution in [1.29, 1.82) is 0 Å². The zero-order valence-corrected chi connectivity index (χ0v) is 14.9. The first-order chi connectivity index (χ1) is 12.8. The van der Waals surface area contributed by atoms with Gasteiger partial charge in [-0.2, -0.15) is 0 Å². The number of imide groups is 1. The Hall–Kier alpha value is -3.06. The third kappa shape index (κ3) is 2.71. The molecule has 6 nitrogen and oxygen atoms in total. The second kappa shape index (κ2) is 5.99. The van der Waals surface area contributed by atoms with Crippen LogP contribution in [0.3, 0.4) is 0 Å². The lowest BCUT2D eigenvalue weighted by Gasteiger charge is -2.18. The van der Waals surface area contributed by atoms with Crippen LogP contribution in [-0.4, -0.2) is 29.4 Å². The van der Waals surface area contributed by atoms with Gasteiger partial charge in [-0.15, -0.1) is 0 Å². The van der Waals surface area contributed by atoms with E-state index < -0.39 is 23.0 Å². The molecule has 0 aromatic heterocycles. The molecule has 1 saturated heterocycles. The molecule has 2 aromatic carbocycles. The quantitative estimate of drug-likeness (QED) is 0.782. The van der Waals surface area contributed by atoms with E-state index in [4.69, 9.17) is 4.84 Å². The number of hydroxylamine groups is 2. The maximum Gasteiger partial charge on any atom is 0.266 e. The first-order valence-corrected chi connectivity index (χ1v) is 8.51. The third-order valence-corrected chi connectivity index (χ3v) is 4.79. The lowest BCUT2D eigenvalue weighted by molar-refractivity contribution is -0.165. The molecule has 0 N–H and O–H groups in total. The molecule has 4 rings (SSSR count). The highest BCUT2D eigenvalue weighted by molar-refractivity contribution is 6.34. The first-order valence-electron chi connectivity index (χ1n) is 8.51. The smallest absolute Gasteiger partial charge is 0.266 e. The molecule has 0 bridgehead atoms. The molecule has 2 aliphatic rings. The summed E-state index contributed by atoms with van der Waals surface area (Å²) in [6, 6.07) is 10.6. The molecule has 2 heterocycles. The van der Waals surface area contributed by atoms with Crippen LogP contribution in [0.4, 0.5) is 10.1 Å². The van der Waals surface area contributed by atoms with Crippen LogP contribution >= 0.6 is 0 Å². The van der Waals surface area contributed by atoms with E-state index in [1.54, 1.807) is 38.1 Å². The number of hydrogen-bond donors (Lipinski definition) is 0. The van der Waals surface area contributed by atoms with Crippen molar-refractivity contribution in [2.75, 3.05) is 11.5 Å². The van der Waals surface area contributed by atoms with Crippen LogP contribution in [0.2, 0.25) is 0 Å². The molecule has 27 heavy (non-hydrogen) atoms. The van der Waals surface area contributed by atoms with Crippen molar-refractivity contribution in [1.82, 2.24) is 5.06 Å². The van der Waals surface area contributed by atoms with Gasteiger partial charge in [0, 0.05) is 5.56 Å². The van der Waals surface area contributed by atoms with E-state index in [0.717, 1.165) is 16.0 Å². The summed E-state index contributed by atoms with van der Waals surface area (Å²) in [5.74, 6) is -1.80. The van der Waals surface area contributed by atoms with Gasteiger partial charge in [-0.25, -0.2) is 14.4 Å². The number of amides is 3. The van der Waals surface area contributed by atoms with Gasteiger partial charge >= 0.3 is 0 Å². The maximum absolute atomic E-state index is 14.6. The van der Waals surface area contributed by atoms with Gasteiger partial charge in [0.1, 0.15) is 5.82 Å². The van der Waals surface area contributed by atoms with E-state index in [1.807, 2.05) is 0 Å². The number of benzene rings is 2. The summed E-state index contributed by atoms with van der Waals surface area (Å²) < 4.78 is 14.6. The Balaban J connectivity index is 1.59. The second-order valence-corrected chi connectivity index (χ2v) is 7.27. The van der Waals surface area contributed by atoms with Crippen LogP contribution in [0, 0.1) is 11.2 Å². The number of carbonyl (C=O) groups is 3. The number of nitrogens with zero attached hydrogens (tertiary/aromatic N) is 2. The molecule has 2 aromatic rings. The highest BCUT2D eigenvalue weighted by Crippen LogP contribution is 2.31. The summed E-state index contributed by atoms with van der Waals surface area (Å²) >= 11 is 0. The molecule has 1 fully saturated rings. The van der Waals surface area contributed by atoms with Crippen LogP contribution in [0.25, 0.3) is 0 Å². The minimum atomic E-state index is -0.642. The standard InChI is InChI=1S/C20H17FN2O4/c1-20(2)11-27-22(19(20)26)10-12-7-8-13(9-16(12)21)23-17(24)14-5-3-4-6-15(14)18(23)25/h3-9H,10-11H2,1-2H3. The van der Waals surface area contributed by atoms with Gasteiger partial charge in [-0.3, -0.25) is 19.2 Å². The van der Waals surface area contributed by atoms with E-state index in [1.165, 1.54) is 12.1 Å². The Morgan fingerprint density at radius 3 is 2.19 bits per heavy atom. The fraction of sp³-hybridized carbons (Fsp3) is 0.250. The molecule has 7 heteroatoms. The molecule has 2 aliphatic heterocycles. The summed E-state index contributed by atoms with van der Waals surface area (Å²) in [6.07, 6.45) is 0. The highest BCUT2D eigenvalue weighted by Gasteiger charge is 2.41. The van der Waals surface area contributed by atoms with Gasteiger partial charge in [0.15, 0.2) is 0 Å². The minimum absolute atomic E-state index is 0.0451. The number of anilines is 1. The number of rotatable bonds is 3. The molecule has 138 valence electrons. The first kappa shape index (κ1) is 17.4. The van der Waals surface area contributed by atoms with Crippen LogP contribution in [0.15, 0.2) is 42.5 Å². The molecule has 0 radical (unpaired) electrons. The molecular weight excluding hydrogens is 351 g/mol. The van der Waals surface area contributed by atoms with E-state index in [-0.39, 0.29) is 30.3 Å². The molecule has 0 spiro atoms. The normalized spacial score (nSPS) is 18.4. The molecule has 0 atom stereocenters. The number of halogens is 1. The van der Waals surface area contributed by atoms with Gasteiger partial charge in [-0.05, 0) is 38.1 Å². The lowest BCUT2D eigenvalue weighted by atomic mass is 9.95. The Kier molecular flexibility index (Phi) is 3.85. The van der Waals surface area contributed by atoms with Crippen LogP contribution in [-0.2, 0) is 16.2 Å². The van der Waals surface area contributed by atoms with Gasteiger partial charge < -0.3 is 0 Å². The number of hydrogen-bond acceptors (Lipinski definition) is 4. The third-order valence-electron chi connectivity index (χ3n) is 4.79. The van der Waals surface area contributed by atoms with Crippen LogP contribution in [0.1, 0.15) is 40.1 Å². The Labute approximate surface area is 155 Å². The predicted octanol–water partition coefficient (Wildman–Crippen LogP) is 2.93. The van der Waals surface area contributed by atoms with E-state index in [9.17, 15) is 18.8 Å². The fourth-order valence-electron chi connectivity index (χ4n) is 3.20. The molecule has 0 unspecified atom stereocenters. The average molecular weight is 368 g/mol. The average Bonchev–Trinajstić information content (AvgIpc) is 3.05. The monoisotopic (exact) mass is 368 g/mol. The Morgan fingerprint density at radius 2 is 1.67 bits per heavy atom. The molecular formula is C20H17FN2O4. The van der Waals surface area contributed by atoms with E-state index in [0.29, 0.717) is 11.1 Å². The molecule has 3 amide bonds. The SMILES string of the molecule is CC1(C)CON(Cc2ccc(N3C(=O)c4ccccc4C3=O)cc2F)C1=O. The highest BCUT2D eigenvalue weighted by atomic mass is 19.1. The number of carbonyl (C=O) groups excluding carboxylic acids is 3. The summed E-state index contributed by atoms with van der Waals surface area (Å²) in [4.78, 5) is 43.5. The zero-order chi connectivity index (χ0) is 19.3. The largest absolute Gasteiger partial charge is 0.272 e. The number of fused-ring (bicyclic) bond motifs is 1. The summed E-state index contributed by atoms with van der Waals surface area (Å²) in [5, 5.41) is 1.14. The fourth-order valence-corrected chi connectivity index (χ4v) is 3.20. The topological polar surface area (TPSA) is 66.9 Å². The zero-order valence-electron chi connectivity index (χ0n) is 14.9. The van der Waals surface area contributed by atoms with Crippen LogP contribution in [0.5, 0.6) is 0 Å².